The number of hydrogen-bond donors (Lipinski definition) is 1. The van der Waals surface area contributed by atoms with Crippen molar-refractivity contribution in [2.75, 3.05) is 12.4 Å². The molecule has 1 aromatic heterocycles. The summed E-state index contributed by atoms with van der Waals surface area (Å²) in [5, 5.41) is 2.29. The van der Waals surface area contributed by atoms with E-state index in [0.717, 1.165) is 11.6 Å². The van der Waals surface area contributed by atoms with Gasteiger partial charge in [-0.3, -0.25) is 0 Å². The molecule has 8 heteroatoms. The van der Waals surface area contributed by atoms with Gasteiger partial charge < -0.3 is 10.1 Å². The number of alkyl halides is 3. The summed E-state index contributed by atoms with van der Waals surface area (Å²) < 4.78 is 43.0. The maximum atomic E-state index is 12.7. The molecule has 0 saturated heterocycles. The minimum absolute atomic E-state index is 0.0307. The molecule has 2 rings (SSSR count). The summed E-state index contributed by atoms with van der Waals surface area (Å²) in [6.45, 7) is 0.397. The zero-order valence-corrected chi connectivity index (χ0v) is 11.7. The first-order valence-electron chi connectivity index (χ1n) is 5.85. The highest BCUT2D eigenvalue weighted by molar-refractivity contribution is 6.28. The first-order chi connectivity index (χ1) is 9.88. The number of ether oxygens (including phenoxy) is 1. The van der Waals surface area contributed by atoms with Gasteiger partial charge in [0.1, 0.15) is 5.82 Å². The lowest BCUT2D eigenvalue weighted by molar-refractivity contribution is -0.141. The van der Waals surface area contributed by atoms with Crippen molar-refractivity contribution in [3.63, 3.8) is 0 Å². The molecule has 0 aliphatic carbocycles. The van der Waals surface area contributed by atoms with Crippen LogP contribution in [0.1, 0.15) is 11.3 Å². The van der Waals surface area contributed by atoms with Crippen molar-refractivity contribution < 1.29 is 17.9 Å². The van der Waals surface area contributed by atoms with Gasteiger partial charge in [-0.1, -0.05) is 12.1 Å². The topological polar surface area (TPSA) is 47.0 Å². The van der Waals surface area contributed by atoms with Gasteiger partial charge in [-0.25, -0.2) is 9.97 Å². The summed E-state index contributed by atoms with van der Waals surface area (Å²) in [5.41, 5.74) is 0.351. The molecule has 0 aliphatic rings. The minimum atomic E-state index is -4.58. The first-order valence-corrected chi connectivity index (χ1v) is 6.23. The van der Waals surface area contributed by atoms with E-state index in [2.05, 4.69) is 15.3 Å². The predicted octanol–water partition coefficient (Wildman–Crippen LogP) is 4.04. The Kier molecular flexibility index (Phi) is 4.64. The average molecular weight is 318 g/mol. The molecular formula is C13H11ClF3N3O. The zero-order valence-electron chi connectivity index (χ0n) is 10.9. The third-order valence-corrected chi connectivity index (χ3v) is 2.67. The van der Waals surface area contributed by atoms with Crippen molar-refractivity contribution in [2.45, 2.75) is 12.8 Å². The molecule has 0 fully saturated rings. The van der Waals surface area contributed by atoms with Gasteiger partial charge in [-0.15, -0.1) is 0 Å². The largest absolute Gasteiger partial charge is 0.433 e. The van der Waals surface area contributed by atoms with Crippen molar-refractivity contribution in [1.82, 2.24) is 9.97 Å². The molecule has 112 valence electrons. The van der Waals surface area contributed by atoms with E-state index in [9.17, 15) is 13.2 Å². The maximum Gasteiger partial charge on any atom is 0.433 e. The number of hydrogen-bond acceptors (Lipinski definition) is 4. The fourth-order valence-electron chi connectivity index (χ4n) is 1.68. The smallest absolute Gasteiger partial charge is 0.380 e. The molecule has 1 N–H and O–H groups in total. The lowest BCUT2D eigenvalue weighted by atomic mass is 10.2. The molecule has 0 radical (unpaired) electrons. The fraction of sp³-hybridized carbons (Fsp3) is 0.231. The van der Waals surface area contributed by atoms with Crippen molar-refractivity contribution in [3.8, 4) is 0 Å². The lowest BCUT2D eigenvalue weighted by Crippen LogP contribution is -2.10. The van der Waals surface area contributed by atoms with Gasteiger partial charge in [-0.2, -0.15) is 13.2 Å². The normalized spacial score (nSPS) is 11.5. The quantitative estimate of drug-likeness (QED) is 0.865. The molecule has 0 atom stereocenters. The van der Waals surface area contributed by atoms with Gasteiger partial charge in [0.2, 0.25) is 5.28 Å². The second kappa shape index (κ2) is 6.28. The molecule has 0 unspecified atom stereocenters. The van der Waals surface area contributed by atoms with Crippen molar-refractivity contribution in [2.24, 2.45) is 0 Å². The lowest BCUT2D eigenvalue weighted by Gasteiger charge is -2.10. The minimum Gasteiger partial charge on any atom is -0.380 e. The maximum absolute atomic E-state index is 12.7. The van der Waals surface area contributed by atoms with Crippen molar-refractivity contribution >= 4 is 23.1 Å². The van der Waals surface area contributed by atoms with Crippen molar-refractivity contribution in [3.05, 3.63) is 46.9 Å². The van der Waals surface area contributed by atoms with Crippen LogP contribution in [-0.4, -0.2) is 17.1 Å². The van der Waals surface area contributed by atoms with Gasteiger partial charge in [0.05, 0.1) is 6.61 Å². The van der Waals surface area contributed by atoms with Crippen LogP contribution >= 0.6 is 11.6 Å². The molecule has 0 bridgehead atoms. The van der Waals surface area contributed by atoms with Crippen LogP contribution in [0.5, 0.6) is 0 Å². The number of rotatable bonds is 4. The second-order valence-electron chi connectivity index (χ2n) is 4.16. The van der Waals surface area contributed by atoms with E-state index in [1.54, 1.807) is 25.3 Å². The predicted molar refractivity (Wildman–Crippen MR) is 72.5 cm³/mol. The van der Waals surface area contributed by atoms with Crippen LogP contribution in [0.3, 0.4) is 0 Å². The van der Waals surface area contributed by atoms with E-state index in [4.69, 9.17) is 16.3 Å². The molecule has 0 saturated carbocycles. The molecule has 21 heavy (non-hydrogen) atoms. The van der Waals surface area contributed by atoms with Crippen LogP contribution in [-0.2, 0) is 17.5 Å². The third-order valence-electron chi connectivity index (χ3n) is 2.50. The SMILES string of the molecule is COCc1cccc(Nc2cc(C(F)(F)F)nc(Cl)n2)c1. The van der Waals surface area contributed by atoms with Crippen LogP contribution in [0.25, 0.3) is 0 Å². The van der Waals surface area contributed by atoms with Gasteiger partial charge >= 0.3 is 6.18 Å². The second-order valence-corrected chi connectivity index (χ2v) is 4.50. The molecular weight excluding hydrogens is 307 g/mol. The van der Waals surface area contributed by atoms with Crippen LogP contribution in [0.2, 0.25) is 5.28 Å². The van der Waals surface area contributed by atoms with Gasteiger partial charge in [0.15, 0.2) is 5.69 Å². The Morgan fingerprint density at radius 3 is 2.67 bits per heavy atom. The Labute approximate surface area is 123 Å². The molecule has 2 aromatic rings. The van der Waals surface area contributed by atoms with Crippen LogP contribution in [0, 0.1) is 0 Å². The van der Waals surface area contributed by atoms with E-state index in [1.807, 2.05) is 6.07 Å². The Morgan fingerprint density at radius 1 is 1.24 bits per heavy atom. The monoisotopic (exact) mass is 317 g/mol. The zero-order chi connectivity index (χ0) is 15.5. The molecule has 0 aliphatic heterocycles. The van der Waals surface area contributed by atoms with Crippen LogP contribution in [0.4, 0.5) is 24.7 Å². The van der Waals surface area contributed by atoms with Crippen molar-refractivity contribution in [1.29, 1.82) is 0 Å². The van der Waals surface area contributed by atoms with Crippen LogP contribution in [0.15, 0.2) is 30.3 Å². The number of anilines is 2. The number of methoxy groups -OCH3 is 1. The van der Waals surface area contributed by atoms with E-state index in [0.29, 0.717) is 12.3 Å². The highest BCUT2D eigenvalue weighted by Crippen LogP contribution is 2.30. The molecule has 1 aromatic carbocycles. The van der Waals surface area contributed by atoms with E-state index in [1.165, 1.54) is 0 Å². The summed E-state index contributed by atoms with van der Waals surface area (Å²) in [7, 11) is 1.56. The van der Waals surface area contributed by atoms with Gasteiger partial charge in [0.25, 0.3) is 0 Å². The number of nitrogens with one attached hydrogen (secondary N) is 1. The Balaban J connectivity index is 2.27. The average Bonchev–Trinajstić information content (AvgIpc) is 2.38. The number of aromatic nitrogens is 2. The third kappa shape index (κ3) is 4.30. The van der Waals surface area contributed by atoms with Crippen LogP contribution < -0.4 is 5.32 Å². The fourth-order valence-corrected chi connectivity index (χ4v) is 1.86. The summed E-state index contributed by atoms with van der Waals surface area (Å²) >= 11 is 5.52. The Bertz CT molecular complexity index is 634. The van der Waals surface area contributed by atoms with Gasteiger partial charge in [-0.05, 0) is 29.3 Å². The highest BCUT2D eigenvalue weighted by atomic mass is 35.5. The number of halogens is 4. The highest BCUT2D eigenvalue weighted by Gasteiger charge is 2.33. The van der Waals surface area contributed by atoms with Gasteiger partial charge in [0, 0.05) is 18.9 Å². The standard InChI is InChI=1S/C13H11ClF3N3O/c1-21-7-8-3-2-4-9(5-8)18-11-6-10(13(15,16)17)19-12(14)20-11/h2-6H,7H2,1H3,(H,18,19,20). The Morgan fingerprint density at radius 2 is 2.00 bits per heavy atom. The molecule has 4 nitrogen and oxygen atoms in total. The first kappa shape index (κ1) is 15.5. The summed E-state index contributed by atoms with van der Waals surface area (Å²) in [6, 6.07) is 7.83. The summed E-state index contributed by atoms with van der Waals surface area (Å²) in [6.07, 6.45) is -4.58. The summed E-state index contributed by atoms with van der Waals surface area (Å²) in [5.74, 6) is -0.0307. The number of benzene rings is 1. The number of nitrogens with zero attached hydrogens (tertiary/aromatic N) is 2. The molecule has 0 spiro atoms. The van der Waals surface area contributed by atoms with E-state index >= 15 is 0 Å². The Hall–Kier alpha value is -1.86. The van der Waals surface area contributed by atoms with E-state index < -0.39 is 17.2 Å². The summed E-state index contributed by atoms with van der Waals surface area (Å²) in [4.78, 5) is 6.89. The van der Waals surface area contributed by atoms with E-state index in [-0.39, 0.29) is 5.82 Å². The molecule has 1 heterocycles. The molecule has 0 amide bonds.